The first-order valence-electron chi connectivity index (χ1n) is 6.30. The normalized spacial score (nSPS) is 22.7. The van der Waals surface area contributed by atoms with Gasteiger partial charge in [0.2, 0.25) is 0 Å². The highest BCUT2D eigenvalue weighted by atomic mass is 16.5. The van der Waals surface area contributed by atoms with Crippen molar-refractivity contribution in [3.63, 3.8) is 0 Å². The summed E-state index contributed by atoms with van der Waals surface area (Å²) in [5.74, 6) is 0. The number of aromatic nitrogens is 2. The lowest BCUT2D eigenvalue weighted by atomic mass is 9.82. The van der Waals surface area contributed by atoms with Crippen LogP contribution in [-0.4, -0.2) is 9.97 Å². The predicted octanol–water partition coefficient (Wildman–Crippen LogP) is 1.34. The van der Waals surface area contributed by atoms with Crippen LogP contribution in [0.4, 0.5) is 0 Å². The van der Waals surface area contributed by atoms with Crippen molar-refractivity contribution in [3.05, 3.63) is 64.6 Å². The fourth-order valence-electron chi connectivity index (χ4n) is 2.73. The maximum Gasteiger partial charge on any atom is 0.158 e. The molecule has 2 heterocycles. The van der Waals surface area contributed by atoms with Crippen molar-refractivity contribution in [3.8, 4) is 0 Å². The van der Waals surface area contributed by atoms with E-state index in [9.17, 15) is 0 Å². The van der Waals surface area contributed by atoms with Gasteiger partial charge in [-0.3, -0.25) is 0 Å². The van der Waals surface area contributed by atoms with E-state index in [1.165, 1.54) is 11.1 Å². The maximum atomic E-state index is 6.05. The van der Waals surface area contributed by atoms with Gasteiger partial charge in [0, 0.05) is 18.2 Å². The van der Waals surface area contributed by atoms with Gasteiger partial charge in [0.05, 0.1) is 16.8 Å². The Morgan fingerprint density at radius 1 is 1.21 bits per heavy atom. The molecule has 3 nitrogen and oxygen atoms in total. The van der Waals surface area contributed by atoms with Crippen LogP contribution in [0.5, 0.6) is 0 Å². The minimum absolute atomic E-state index is 0.424. The molecule has 0 fully saturated rings. The second-order valence-electron chi connectivity index (χ2n) is 4.83. The molecule has 1 unspecified atom stereocenters. The topological polar surface area (TPSA) is 35.0 Å². The van der Waals surface area contributed by atoms with Crippen molar-refractivity contribution in [1.82, 2.24) is 9.97 Å². The van der Waals surface area contributed by atoms with Gasteiger partial charge in [0.15, 0.2) is 5.60 Å². The van der Waals surface area contributed by atoms with Gasteiger partial charge in [-0.1, -0.05) is 36.4 Å². The van der Waals surface area contributed by atoms with E-state index in [2.05, 4.69) is 40.3 Å². The van der Waals surface area contributed by atoms with Crippen molar-refractivity contribution < 1.29 is 4.74 Å². The average Bonchev–Trinajstić information content (AvgIpc) is 2.48. The molecular weight excluding hydrogens is 236 g/mol. The van der Waals surface area contributed by atoms with E-state index < -0.39 is 5.60 Å². The second-order valence-corrected chi connectivity index (χ2v) is 4.83. The number of fused-ring (bicyclic) bond motifs is 3. The largest absolute Gasteiger partial charge is 0.485 e. The van der Waals surface area contributed by atoms with E-state index >= 15 is 0 Å². The van der Waals surface area contributed by atoms with Crippen LogP contribution in [-0.2, 0) is 10.3 Å². The Labute approximate surface area is 110 Å². The van der Waals surface area contributed by atoms with E-state index in [1.54, 1.807) is 18.8 Å². The second kappa shape index (κ2) is 3.79. The van der Waals surface area contributed by atoms with Crippen LogP contribution >= 0.6 is 0 Å². The zero-order valence-electron chi connectivity index (χ0n) is 10.3. The smallest absolute Gasteiger partial charge is 0.158 e. The van der Waals surface area contributed by atoms with Gasteiger partial charge in [-0.05, 0) is 11.6 Å². The van der Waals surface area contributed by atoms with Crippen LogP contribution in [0.15, 0.2) is 42.9 Å². The Bertz CT molecular complexity index is 794. The quantitative estimate of drug-likeness (QED) is 0.705. The van der Waals surface area contributed by atoms with E-state index in [4.69, 9.17) is 4.74 Å². The number of nitrogens with zero attached hydrogens (tertiary/aromatic N) is 2. The Balaban J connectivity index is 1.99. The summed E-state index contributed by atoms with van der Waals surface area (Å²) in [6, 6.07) is 8.33. The molecular formula is C16H12N2O. The zero-order valence-corrected chi connectivity index (χ0v) is 10.3. The Hall–Kier alpha value is -2.42. The van der Waals surface area contributed by atoms with Crippen LogP contribution in [0.3, 0.4) is 0 Å². The lowest BCUT2D eigenvalue weighted by molar-refractivity contribution is 0.112. The average molecular weight is 248 g/mol. The van der Waals surface area contributed by atoms with Crippen molar-refractivity contribution in [1.29, 1.82) is 0 Å². The van der Waals surface area contributed by atoms with Crippen LogP contribution in [0, 0.1) is 0 Å². The predicted molar refractivity (Wildman–Crippen MR) is 73.1 cm³/mol. The van der Waals surface area contributed by atoms with Gasteiger partial charge in [-0.2, -0.15) is 0 Å². The molecule has 0 saturated carbocycles. The van der Waals surface area contributed by atoms with E-state index in [1.807, 2.05) is 12.1 Å². The summed E-state index contributed by atoms with van der Waals surface area (Å²) in [6.45, 7) is 0. The molecule has 0 amide bonds. The molecule has 2 aromatic rings. The van der Waals surface area contributed by atoms with Gasteiger partial charge in [0.1, 0.15) is 6.33 Å². The van der Waals surface area contributed by atoms with E-state index in [0.717, 1.165) is 17.0 Å². The highest BCUT2D eigenvalue weighted by Crippen LogP contribution is 2.39. The van der Waals surface area contributed by atoms with Gasteiger partial charge in [-0.15, -0.1) is 0 Å². The minimum atomic E-state index is -0.424. The van der Waals surface area contributed by atoms with Gasteiger partial charge >= 0.3 is 0 Å². The summed E-state index contributed by atoms with van der Waals surface area (Å²) in [5.41, 5.74) is 1.97. The third-order valence-corrected chi connectivity index (χ3v) is 3.67. The summed E-state index contributed by atoms with van der Waals surface area (Å²) in [4.78, 5) is 8.36. The summed E-state index contributed by atoms with van der Waals surface area (Å²) >= 11 is 0. The monoisotopic (exact) mass is 248 g/mol. The van der Waals surface area contributed by atoms with Crippen molar-refractivity contribution in [2.75, 3.05) is 0 Å². The van der Waals surface area contributed by atoms with Crippen LogP contribution in [0.25, 0.3) is 18.4 Å². The summed E-state index contributed by atoms with van der Waals surface area (Å²) < 4.78 is 6.05. The summed E-state index contributed by atoms with van der Waals surface area (Å²) in [6.07, 6.45) is 12.3. The first kappa shape index (κ1) is 10.5. The molecule has 1 aliphatic carbocycles. The summed E-state index contributed by atoms with van der Waals surface area (Å²) in [7, 11) is 0. The van der Waals surface area contributed by atoms with Crippen molar-refractivity contribution in [2.45, 2.75) is 12.0 Å². The SMILES string of the molecule is C1=Cc2ccccc2C2(C=c3ncncc3=CO2)C1. The molecule has 0 saturated heterocycles. The molecule has 0 N–H and O–H groups in total. The number of ether oxygens (including phenoxy) is 1. The number of benzene rings is 1. The molecule has 1 aromatic carbocycles. The first-order valence-corrected chi connectivity index (χ1v) is 6.30. The van der Waals surface area contributed by atoms with Gasteiger partial charge in [-0.25, -0.2) is 9.97 Å². The first-order chi connectivity index (χ1) is 9.37. The lowest BCUT2D eigenvalue weighted by Crippen LogP contribution is -2.40. The fourth-order valence-corrected chi connectivity index (χ4v) is 2.73. The molecule has 4 rings (SSSR count). The summed E-state index contributed by atoms with van der Waals surface area (Å²) in [5, 5.41) is 1.87. The van der Waals surface area contributed by atoms with Gasteiger partial charge < -0.3 is 4.74 Å². The van der Waals surface area contributed by atoms with E-state index in [0.29, 0.717) is 0 Å². The molecule has 19 heavy (non-hydrogen) atoms. The third-order valence-electron chi connectivity index (χ3n) is 3.67. The molecule has 1 aliphatic heterocycles. The van der Waals surface area contributed by atoms with Crippen molar-refractivity contribution in [2.24, 2.45) is 0 Å². The fraction of sp³-hybridized carbons (Fsp3) is 0.125. The zero-order chi connectivity index (χ0) is 12.7. The molecule has 3 heteroatoms. The van der Waals surface area contributed by atoms with Gasteiger partial charge in [0.25, 0.3) is 0 Å². The molecule has 2 aliphatic rings. The number of hydrogen-bond acceptors (Lipinski definition) is 3. The van der Waals surface area contributed by atoms with Crippen LogP contribution in [0.2, 0.25) is 0 Å². The van der Waals surface area contributed by atoms with Crippen molar-refractivity contribution >= 4 is 18.4 Å². The molecule has 0 bridgehead atoms. The Morgan fingerprint density at radius 2 is 2.16 bits per heavy atom. The van der Waals surface area contributed by atoms with Crippen LogP contribution in [0.1, 0.15) is 17.5 Å². The third kappa shape index (κ3) is 1.51. The Morgan fingerprint density at radius 3 is 3.16 bits per heavy atom. The maximum absolute atomic E-state index is 6.05. The van der Waals surface area contributed by atoms with E-state index in [-0.39, 0.29) is 0 Å². The minimum Gasteiger partial charge on any atom is -0.485 e. The Kier molecular flexibility index (Phi) is 2.09. The lowest BCUT2D eigenvalue weighted by Gasteiger charge is -2.34. The van der Waals surface area contributed by atoms with Crippen LogP contribution < -0.4 is 10.6 Å². The highest BCUT2D eigenvalue weighted by Gasteiger charge is 2.35. The molecule has 1 atom stereocenters. The number of hydrogen-bond donors (Lipinski definition) is 0. The standard InChI is InChI=1S/C16H12N2O/c1-2-6-14-12(4-1)5-3-7-16(14)8-15-13(10-19-16)9-17-11-18-15/h1-6,8-11H,7H2. The molecule has 1 aromatic heterocycles. The highest BCUT2D eigenvalue weighted by molar-refractivity contribution is 5.64. The number of rotatable bonds is 0. The molecule has 0 radical (unpaired) electrons. The molecule has 92 valence electrons. The molecule has 1 spiro atoms.